The fourth-order valence-corrected chi connectivity index (χ4v) is 3.98. The molecule has 9 heteroatoms. The molecular formula is C18H16Cl2N6S. The summed E-state index contributed by atoms with van der Waals surface area (Å²) in [6.07, 6.45) is 2.44. The van der Waals surface area contributed by atoms with Crippen LogP contribution in [0.25, 0.3) is 21.5 Å². The lowest BCUT2D eigenvalue weighted by Crippen LogP contribution is -2.31. The van der Waals surface area contributed by atoms with Crippen LogP contribution in [0.5, 0.6) is 0 Å². The molecule has 0 spiro atoms. The minimum atomic E-state index is -0.113. The number of rotatable bonds is 6. The first kappa shape index (κ1) is 18.2. The van der Waals surface area contributed by atoms with Gasteiger partial charge in [-0.05, 0) is 42.3 Å². The molecule has 0 unspecified atom stereocenters. The van der Waals surface area contributed by atoms with Crippen LogP contribution >= 0.6 is 34.5 Å². The highest BCUT2D eigenvalue weighted by Crippen LogP contribution is 2.28. The number of H-pyrrole nitrogens is 1. The van der Waals surface area contributed by atoms with Gasteiger partial charge in [-0.2, -0.15) is 5.10 Å². The molecule has 0 aliphatic carbocycles. The number of hydrogen-bond acceptors (Lipinski definition) is 6. The molecule has 0 aliphatic rings. The third kappa shape index (κ3) is 4.22. The molecular weight excluding hydrogens is 403 g/mol. The molecule has 0 saturated carbocycles. The van der Waals surface area contributed by atoms with E-state index >= 15 is 0 Å². The highest BCUT2D eigenvalue weighted by molar-refractivity contribution is 7.18. The molecule has 0 fully saturated rings. The molecule has 0 bridgehead atoms. The van der Waals surface area contributed by atoms with Crippen molar-refractivity contribution in [2.24, 2.45) is 5.73 Å². The van der Waals surface area contributed by atoms with Crippen molar-refractivity contribution < 1.29 is 0 Å². The van der Waals surface area contributed by atoms with Gasteiger partial charge >= 0.3 is 0 Å². The summed E-state index contributed by atoms with van der Waals surface area (Å²) >= 11 is 13.6. The summed E-state index contributed by atoms with van der Waals surface area (Å²) < 4.78 is 0. The number of aromatic nitrogens is 4. The van der Waals surface area contributed by atoms with Crippen molar-refractivity contribution in [2.75, 3.05) is 11.9 Å². The summed E-state index contributed by atoms with van der Waals surface area (Å²) in [7, 11) is 0. The van der Waals surface area contributed by atoms with E-state index in [2.05, 4.69) is 25.7 Å². The molecule has 0 aliphatic heterocycles. The largest absolute Gasteiger partial charge is 0.359 e. The van der Waals surface area contributed by atoms with Crippen molar-refractivity contribution in [1.82, 2.24) is 20.4 Å². The van der Waals surface area contributed by atoms with Gasteiger partial charge in [-0.25, -0.2) is 0 Å². The van der Waals surface area contributed by atoms with Gasteiger partial charge in [0.25, 0.3) is 0 Å². The highest BCUT2D eigenvalue weighted by Gasteiger charge is 2.11. The Labute approximate surface area is 169 Å². The Morgan fingerprint density at radius 2 is 2.04 bits per heavy atom. The first-order valence-electron chi connectivity index (χ1n) is 8.29. The quantitative estimate of drug-likeness (QED) is 0.432. The monoisotopic (exact) mass is 418 g/mol. The van der Waals surface area contributed by atoms with Gasteiger partial charge in [0.15, 0.2) is 0 Å². The molecule has 4 rings (SSSR count). The maximum Gasteiger partial charge on any atom is 0.206 e. The Bertz CT molecular complexity index is 1080. The SMILES string of the molecule is N[C@H](CNc1nnc(-c2ccc3[nH]ncc3c2)s1)Cc1ccc(Cl)cc1Cl. The van der Waals surface area contributed by atoms with Crippen LogP contribution in [-0.2, 0) is 6.42 Å². The Morgan fingerprint density at radius 1 is 1.15 bits per heavy atom. The number of anilines is 1. The molecule has 6 nitrogen and oxygen atoms in total. The molecule has 2 aromatic carbocycles. The average Bonchev–Trinajstić information content (AvgIpc) is 3.30. The number of aromatic amines is 1. The molecule has 27 heavy (non-hydrogen) atoms. The first-order chi connectivity index (χ1) is 13.1. The summed E-state index contributed by atoms with van der Waals surface area (Å²) in [4.78, 5) is 0. The van der Waals surface area contributed by atoms with Crippen LogP contribution in [0.2, 0.25) is 10.0 Å². The van der Waals surface area contributed by atoms with Crippen molar-refractivity contribution in [2.45, 2.75) is 12.5 Å². The molecule has 0 amide bonds. The molecule has 4 N–H and O–H groups in total. The lowest BCUT2D eigenvalue weighted by atomic mass is 10.1. The smallest absolute Gasteiger partial charge is 0.206 e. The first-order valence-corrected chi connectivity index (χ1v) is 9.86. The van der Waals surface area contributed by atoms with E-state index in [1.807, 2.05) is 30.3 Å². The maximum atomic E-state index is 6.22. The number of nitrogens with one attached hydrogen (secondary N) is 2. The van der Waals surface area contributed by atoms with E-state index in [0.29, 0.717) is 23.0 Å². The molecule has 1 atom stereocenters. The van der Waals surface area contributed by atoms with Crippen molar-refractivity contribution in [3.05, 3.63) is 58.2 Å². The van der Waals surface area contributed by atoms with Crippen LogP contribution in [0.4, 0.5) is 5.13 Å². The fourth-order valence-electron chi connectivity index (χ4n) is 2.75. The molecule has 2 aromatic heterocycles. The summed E-state index contributed by atoms with van der Waals surface area (Å²) in [5.41, 5.74) is 9.19. The number of nitrogens with two attached hydrogens (primary N) is 1. The predicted molar refractivity (Wildman–Crippen MR) is 112 cm³/mol. The Kier molecular flexibility index (Phi) is 5.27. The normalized spacial score (nSPS) is 12.4. The average molecular weight is 419 g/mol. The van der Waals surface area contributed by atoms with Crippen LogP contribution in [0.15, 0.2) is 42.6 Å². The number of benzene rings is 2. The third-order valence-corrected chi connectivity index (χ3v) is 5.64. The summed E-state index contributed by atoms with van der Waals surface area (Å²) in [6.45, 7) is 0.564. The van der Waals surface area contributed by atoms with Crippen molar-refractivity contribution in [3.63, 3.8) is 0 Å². The summed E-state index contributed by atoms with van der Waals surface area (Å²) in [6, 6.07) is 11.4. The second-order valence-corrected chi connectivity index (χ2v) is 7.99. The lowest BCUT2D eigenvalue weighted by Gasteiger charge is -2.13. The zero-order chi connectivity index (χ0) is 18.8. The predicted octanol–water partition coefficient (Wildman–Crippen LogP) is 4.37. The van der Waals surface area contributed by atoms with E-state index in [-0.39, 0.29) is 6.04 Å². The molecule has 2 heterocycles. The van der Waals surface area contributed by atoms with Crippen molar-refractivity contribution in [1.29, 1.82) is 0 Å². The standard InChI is InChI=1S/C18H16Cl2N6S/c19-13-3-1-10(15(20)7-13)6-14(21)9-22-18-26-25-17(27-18)11-2-4-16-12(5-11)8-23-24-16/h1-5,7-8,14H,6,9,21H2,(H,22,26)(H,23,24)/t14-/m0/s1. The lowest BCUT2D eigenvalue weighted by molar-refractivity contribution is 0.698. The van der Waals surface area contributed by atoms with Crippen LogP contribution in [0.1, 0.15) is 5.56 Å². The number of nitrogens with zero attached hydrogens (tertiary/aromatic N) is 3. The number of hydrogen-bond donors (Lipinski definition) is 3. The molecule has 0 radical (unpaired) electrons. The van der Waals surface area contributed by atoms with Crippen LogP contribution in [-0.4, -0.2) is 33.0 Å². The third-order valence-electron chi connectivity index (χ3n) is 4.12. The Morgan fingerprint density at radius 3 is 2.89 bits per heavy atom. The second-order valence-electron chi connectivity index (χ2n) is 6.17. The number of halogens is 2. The zero-order valence-electron chi connectivity index (χ0n) is 14.1. The second kappa shape index (κ2) is 7.82. The van der Waals surface area contributed by atoms with E-state index < -0.39 is 0 Å². The molecule has 138 valence electrons. The van der Waals surface area contributed by atoms with E-state index in [9.17, 15) is 0 Å². The van der Waals surface area contributed by atoms with Crippen molar-refractivity contribution in [3.8, 4) is 10.6 Å². The Hall–Kier alpha value is -2.19. The summed E-state index contributed by atoms with van der Waals surface area (Å²) in [5, 5.41) is 22.5. The minimum Gasteiger partial charge on any atom is -0.359 e. The van der Waals surface area contributed by atoms with Gasteiger partial charge < -0.3 is 11.1 Å². The highest BCUT2D eigenvalue weighted by atomic mass is 35.5. The topological polar surface area (TPSA) is 92.5 Å². The van der Waals surface area contributed by atoms with Gasteiger partial charge in [0.05, 0.1) is 11.7 Å². The fraction of sp³-hybridized carbons (Fsp3) is 0.167. The van der Waals surface area contributed by atoms with Gasteiger partial charge in [0, 0.05) is 33.6 Å². The van der Waals surface area contributed by atoms with Gasteiger partial charge in [0.2, 0.25) is 5.13 Å². The Balaban J connectivity index is 1.38. The minimum absolute atomic E-state index is 0.113. The number of fused-ring (bicyclic) bond motifs is 1. The van der Waals surface area contributed by atoms with E-state index in [4.69, 9.17) is 28.9 Å². The van der Waals surface area contributed by atoms with Gasteiger partial charge in [0.1, 0.15) is 5.01 Å². The van der Waals surface area contributed by atoms with Crippen LogP contribution in [0.3, 0.4) is 0 Å². The maximum absolute atomic E-state index is 6.22. The van der Waals surface area contributed by atoms with Crippen LogP contribution < -0.4 is 11.1 Å². The van der Waals surface area contributed by atoms with Gasteiger partial charge in [-0.15, -0.1) is 10.2 Å². The van der Waals surface area contributed by atoms with Crippen molar-refractivity contribution >= 4 is 50.6 Å². The summed E-state index contributed by atoms with van der Waals surface area (Å²) in [5.74, 6) is 0. The molecule has 4 aromatic rings. The van der Waals surface area contributed by atoms with Gasteiger partial charge in [-0.1, -0.05) is 40.6 Å². The molecule has 0 saturated heterocycles. The van der Waals surface area contributed by atoms with E-state index in [0.717, 1.165) is 32.2 Å². The van der Waals surface area contributed by atoms with E-state index in [1.165, 1.54) is 11.3 Å². The van der Waals surface area contributed by atoms with Crippen LogP contribution in [0, 0.1) is 0 Å². The zero-order valence-corrected chi connectivity index (χ0v) is 16.4. The van der Waals surface area contributed by atoms with E-state index in [1.54, 1.807) is 12.3 Å². The van der Waals surface area contributed by atoms with Gasteiger partial charge in [-0.3, -0.25) is 5.10 Å².